The Balaban J connectivity index is 2.13. The summed E-state index contributed by atoms with van der Waals surface area (Å²) in [5.41, 5.74) is 0.255. The molecule has 1 aromatic carbocycles. The molecule has 0 saturated carbocycles. The van der Waals surface area contributed by atoms with Gasteiger partial charge in [0.25, 0.3) is 5.91 Å². The second-order valence-electron chi connectivity index (χ2n) is 5.38. The SMILES string of the molecule is COCCOC(=O)CC1C(=O)NCCN1C(=O)c1cc(Cl)cc(Cl)c1. The number of ether oxygens (including phenoxy) is 2. The quantitative estimate of drug-likeness (QED) is 0.589. The van der Waals surface area contributed by atoms with Crippen LogP contribution in [0.2, 0.25) is 10.0 Å². The molecule has 1 saturated heterocycles. The number of rotatable bonds is 6. The van der Waals surface area contributed by atoms with E-state index in [0.717, 1.165) is 0 Å². The van der Waals surface area contributed by atoms with E-state index in [2.05, 4.69) is 5.32 Å². The molecule has 7 nitrogen and oxygen atoms in total. The molecule has 0 radical (unpaired) electrons. The Kier molecular flexibility index (Phi) is 7.04. The highest BCUT2D eigenvalue weighted by molar-refractivity contribution is 6.35. The van der Waals surface area contributed by atoms with E-state index < -0.39 is 23.8 Å². The van der Waals surface area contributed by atoms with Gasteiger partial charge < -0.3 is 19.7 Å². The number of hydrogen-bond acceptors (Lipinski definition) is 5. The molecule has 0 bridgehead atoms. The van der Waals surface area contributed by atoms with E-state index in [-0.39, 0.29) is 31.7 Å². The fraction of sp³-hybridized carbons (Fsp3) is 0.438. The Morgan fingerprint density at radius 1 is 1.24 bits per heavy atom. The van der Waals surface area contributed by atoms with E-state index in [0.29, 0.717) is 16.6 Å². The van der Waals surface area contributed by atoms with Crippen molar-refractivity contribution in [3.8, 4) is 0 Å². The van der Waals surface area contributed by atoms with Crippen LogP contribution in [0.1, 0.15) is 16.8 Å². The smallest absolute Gasteiger partial charge is 0.308 e. The molecular weight excluding hydrogens is 371 g/mol. The lowest BCUT2D eigenvalue weighted by molar-refractivity contribution is -0.148. The summed E-state index contributed by atoms with van der Waals surface area (Å²) in [4.78, 5) is 38.1. The monoisotopic (exact) mass is 388 g/mol. The molecule has 1 fully saturated rings. The normalized spacial score (nSPS) is 17.2. The van der Waals surface area contributed by atoms with Gasteiger partial charge in [-0.1, -0.05) is 23.2 Å². The van der Waals surface area contributed by atoms with E-state index >= 15 is 0 Å². The van der Waals surface area contributed by atoms with E-state index in [9.17, 15) is 14.4 Å². The number of amides is 2. The minimum Gasteiger partial charge on any atom is -0.463 e. The van der Waals surface area contributed by atoms with Gasteiger partial charge in [-0.3, -0.25) is 14.4 Å². The molecule has 0 spiro atoms. The van der Waals surface area contributed by atoms with Gasteiger partial charge in [-0.25, -0.2) is 0 Å². The summed E-state index contributed by atoms with van der Waals surface area (Å²) in [5.74, 6) is -1.41. The number of benzene rings is 1. The first kappa shape index (κ1) is 19.5. The molecule has 2 amide bonds. The van der Waals surface area contributed by atoms with Crippen LogP contribution in [0, 0.1) is 0 Å². The Morgan fingerprint density at radius 3 is 2.56 bits per heavy atom. The van der Waals surface area contributed by atoms with E-state index in [1.807, 2.05) is 0 Å². The van der Waals surface area contributed by atoms with Gasteiger partial charge >= 0.3 is 5.97 Å². The van der Waals surface area contributed by atoms with Crippen LogP contribution in [0.15, 0.2) is 18.2 Å². The summed E-state index contributed by atoms with van der Waals surface area (Å²) in [5, 5.41) is 3.27. The third kappa shape index (κ3) is 5.32. The van der Waals surface area contributed by atoms with E-state index in [1.54, 1.807) is 0 Å². The van der Waals surface area contributed by atoms with Crippen molar-refractivity contribution in [3.63, 3.8) is 0 Å². The predicted octanol–water partition coefficient (Wildman–Crippen LogP) is 1.51. The molecule has 9 heteroatoms. The number of methoxy groups -OCH3 is 1. The maximum Gasteiger partial charge on any atom is 0.308 e. The van der Waals surface area contributed by atoms with Crippen LogP contribution < -0.4 is 5.32 Å². The fourth-order valence-corrected chi connectivity index (χ4v) is 2.99. The number of nitrogens with one attached hydrogen (secondary N) is 1. The first-order valence-corrected chi connectivity index (χ1v) is 8.37. The van der Waals surface area contributed by atoms with Gasteiger partial charge in [0, 0.05) is 35.8 Å². The molecule has 25 heavy (non-hydrogen) atoms. The molecule has 0 aromatic heterocycles. The number of piperazine rings is 1. The van der Waals surface area contributed by atoms with Crippen LogP contribution in [0.3, 0.4) is 0 Å². The van der Waals surface area contributed by atoms with Crippen LogP contribution >= 0.6 is 23.2 Å². The number of esters is 1. The minimum atomic E-state index is -0.950. The fourth-order valence-electron chi connectivity index (χ4n) is 2.46. The highest BCUT2D eigenvalue weighted by Gasteiger charge is 2.35. The molecule has 136 valence electrons. The van der Waals surface area contributed by atoms with Gasteiger partial charge in [-0.15, -0.1) is 0 Å². The Hall–Kier alpha value is -1.83. The molecule has 1 aromatic rings. The maximum atomic E-state index is 12.8. The second kappa shape index (κ2) is 9.03. The largest absolute Gasteiger partial charge is 0.463 e. The zero-order valence-electron chi connectivity index (χ0n) is 13.6. The number of halogens is 2. The van der Waals surface area contributed by atoms with Crippen molar-refractivity contribution in [2.75, 3.05) is 33.4 Å². The number of nitrogens with zero attached hydrogens (tertiary/aromatic N) is 1. The lowest BCUT2D eigenvalue weighted by Gasteiger charge is -2.34. The zero-order valence-corrected chi connectivity index (χ0v) is 15.1. The van der Waals surface area contributed by atoms with E-state index in [1.165, 1.54) is 30.2 Å². The molecule has 1 heterocycles. The number of carbonyl (C=O) groups excluding carboxylic acids is 3. The summed E-state index contributed by atoms with van der Waals surface area (Å²) >= 11 is 11.9. The van der Waals surface area contributed by atoms with Crippen LogP contribution in [-0.2, 0) is 19.1 Å². The van der Waals surface area contributed by atoms with Gasteiger partial charge in [0.15, 0.2) is 0 Å². The third-order valence-corrected chi connectivity index (χ3v) is 4.05. The Bertz CT molecular complexity index is 648. The third-order valence-electron chi connectivity index (χ3n) is 3.61. The first-order chi connectivity index (χ1) is 11.9. The minimum absolute atomic E-state index is 0.0848. The van der Waals surface area contributed by atoms with Crippen molar-refractivity contribution in [3.05, 3.63) is 33.8 Å². The molecule has 1 aliphatic rings. The first-order valence-electron chi connectivity index (χ1n) is 7.61. The summed E-state index contributed by atoms with van der Waals surface area (Å²) < 4.78 is 9.78. The van der Waals surface area contributed by atoms with Crippen molar-refractivity contribution < 1.29 is 23.9 Å². The summed E-state index contributed by atoms with van der Waals surface area (Å²) in [6, 6.07) is 3.49. The standard InChI is InChI=1S/C16H18Cl2N2O5/c1-24-4-5-25-14(21)9-13-15(22)19-2-3-20(13)16(23)10-6-11(17)8-12(18)7-10/h6-8,13H,2-5,9H2,1H3,(H,19,22). The average molecular weight is 389 g/mol. The average Bonchev–Trinajstić information content (AvgIpc) is 2.55. The molecule has 1 unspecified atom stereocenters. The summed E-state index contributed by atoms with van der Waals surface area (Å²) in [6.07, 6.45) is -0.240. The van der Waals surface area contributed by atoms with Crippen LogP contribution in [0.4, 0.5) is 0 Å². The van der Waals surface area contributed by atoms with Gasteiger partial charge in [-0.2, -0.15) is 0 Å². The van der Waals surface area contributed by atoms with Gasteiger partial charge in [0.2, 0.25) is 5.91 Å². The lowest BCUT2D eigenvalue weighted by Crippen LogP contribution is -2.57. The van der Waals surface area contributed by atoms with Crippen LogP contribution in [-0.4, -0.2) is 62.1 Å². The molecular formula is C16H18Cl2N2O5. The van der Waals surface area contributed by atoms with Crippen molar-refractivity contribution in [2.24, 2.45) is 0 Å². The topological polar surface area (TPSA) is 84.9 Å². The highest BCUT2D eigenvalue weighted by Crippen LogP contribution is 2.22. The molecule has 1 aliphatic heterocycles. The van der Waals surface area contributed by atoms with E-state index in [4.69, 9.17) is 32.7 Å². The van der Waals surface area contributed by atoms with Crippen molar-refractivity contribution in [1.82, 2.24) is 10.2 Å². The Morgan fingerprint density at radius 2 is 1.92 bits per heavy atom. The van der Waals surface area contributed by atoms with Crippen LogP contribution in [0.5, 0.6) is 0 Å². The van der Waals surface area contributed by atoms with Crippen molar-refractivity contribution in [1.29, 1.82) is 0 Å². The van der Waals surface area contributed by atoms with Gasteiger partial charge in [0.1, 0.15) is 12.6 Å². The number of hydrogen-bond donors (Lipinski definition) is 1. The lowest BCUT2D eigenvalue weighted by atomic mass is 10.1. The number of carbonyl (C=O) groups is 3. The Labute approximate surface area is 155 Å². The summed E-state index contributed by atoms with van der Waals surface area (Å²) in [6.45, 7) is 0.909. The van der Waals surface area contributed by atoms with Crippen molar-refractivity contribution >= 4 is 41.0 Å². The van der Waals surface area contributed by atoms with Gasteiger partial charge in [0.05, 0.1) is 13.0 Å². The molecule has 0 aliphatic carbocycles. The molecule has 1 atom stereocenters. The predicted molar refractivity (Wildman–Crippen MR) is 91.7 cm³/mol. The zero-order chi connectivity index (χ0) is 18.4. The highest BCUT2D eigenvalue weighted by atomic mass is 35.5. The van der Waals surface area contributed by atoms with Gasteiger partial charge in [-0.05, 0) is 18.2 Å². The van der Waals surface area contributed by atoms with Crippen LogP contribution in [0.25, 0.3) is 0 Å². The molecule has 2 rings (SSSR count). The maximum absolute atomic E-state index is 12.8. The van der Waals surface area contributed by atoms with Crippen molar-refractivity contribution in [2.45, 2.75) is 12.5 Å². The summed E-state index contributed by atoms with van der Waals surface area (Å²) in [7, 11) is 1.49. The molecule has 1 N–H and O–H groups in total. The second-order valence-corrected chi connectivity index (χ2v) is 6.25.